The van der Waals surface area contributed by atoms with Crippen LogP contribution in [0.25, 0.3) is 0 Å². The number of rotatable bonds is 0. The second-order valence-electron chi connectivity index (χ2n) is 5.48. The molecule has 2 aliphatic carbocycles. The van der Waals surface area contributed by atoms with Gasteiger partial charge in [0, 0.05) is 17.0 Å². The highest BCUT2D eigenvalue weighted by atomic mass is 16.1. The number of carbonyl (C=O) groups is 1. The zero-order valence-electron chi connectivity index (χ0n) is 10.5. The molecule has 4 nitrogen and oxygen atoms in total. The molecule has 0 aromatic carbocycles. The number of nitriles is 1. The van der Waals surface area contributed by atoms with Gasteiger partial charge in [-0.15, -0.1) is 0 Å². The first kappa shape index (κ1) is 11.2. The van der Waals surface area contributed by atoms with E-state index in [2.05, 4.69) is 16.9 Å². The van der Waals surface area contributed by atoms with Crippen molar-refractivity contribution in [3.05, 3.63) is 29.4 Å². The lowest BCUT2D eigenvalue weighted by Crippen LogP contribution is -2.45. The second-order valence-corrected chi connectivity index (χ2v) is 5.48. The number of nitrogens with zero attached hydrogens (tertiary/aromatic N) is 2. The fourth-order valence-electron chi connectivity index (χ4n) is 3.58. The number of carbonyl (C=O) groups excluding carboxylic acids is 1. The normalized spacial score (nSPS) is 34.3. The topological polar surface area (TPSA) is 69.5 Å². The fourth-order valence-corrected chi connectivity index (χ4v) is 3.58. The first-order valence-electron chi connectivity index (χ1n) is 6.28. The molecule has 0 spiro atoms. The van der Waals surface area contributed by atoms with Crippen LogP contribution in [0.5, 0.6) is 0 Å². The Morgan fingerprint density at radius 3 is 3.11 bits per heavy atom. The summed E-state index contributed by atoms with van der Waals surface area (Å²) in [5, 5.41) is 9.12. The number of allylic oxidation sites excluding steroid dienone is 2. The molecule has 92 valence electrons. The van der Waals surface area contributed by atoms with E-state index in [0.717, 1.165) is 24.2 Å². The molecule has 1 N–H and O–H groups in total. The van der Waals surface area contributed by atoms with Crippen LogP contribution < -0.4 is 0 Å². The number of H-pyrrole nitrogens is 1. The van der Waals surface area contributed by atoms with Crippen molar-refractivity contribution in [2.24, 2.45) is 11.8 Å². The number of aromatic nitrogens is 2. The zero-order chi connectivity index (χ0) is 12.9. The summed E-state index contributed by atoms with van der Waals surface area (Å²) in [7, 11) is 0. The van der Waals surface area contributed by atoms with E-state index in [1.54, 1.807) is 6.33 Å². The first-order valence-corrected chi connectivity index (χ1v) is 6.28. The Balaban J connectivity index is 2.22. The molecule has 1 aromatic rings. The van der Waals surface area contributed by atoms with Gasteiger partial charge in [-0.2, -0.15) is 5.26 Å². The molecule has 3 unspecified atom stereocenters. The Labute approximate surface area is 106 Å². The molecule has 0 saturated heterocycles. The minimum atomic E-state index is -0.286. The maximum absolute atomic E-state index is 12.1. The van der Waals surface area contributed by atoms with Crippen LogP contribution >= 0.6 is 0 Å². The number of aryl methyl sites for hydroxylation is 1. The van der Waals surface area contributed by atoms with Gasteiger partial charge in [0.05, 0.1) is 17.6 Å². The molecular weight excluding hydrogens is 226 g/mol. The van der Waals surface area contributed by atoms with Crippen molar-refractivity contribution in [1.29, 1.82) is 5.26 Å². The third-order valence-corrected chi connectivity index (χ3v) is 4.55. The van der Waals surface area contributed by atoms with Crippen LogP contribution in [-0.4, -0.2) is 15.8 Å². The molecule has 4 heteroatoms. The summed E-state index contributed by atoms with van der Waals surface area (Å²) in [6, 6.07) is 2.04. The number of hydrogen-bond donors (Lipinski definition) is 1. The third kappa shape index (κ3) is 1.25. The second kappa shape index (κ2) is 3.55. The first-order chi connectivity index (χ1) is 8.58. The van der Waals surface area contributed by atoms with Crippen molar-refractivity contribution in [1.82, 2.24) is 9.97 Å². The Hall–Kier alpha value is -1.89. The van der Waals surface area contributed by atoms with E-state index in [1.807, 2.05) is 19.1 Å². The van der Waals surface area contributed by atoms with Crippen LogP contribution in [0.15, 0.2) is 18.0 Å². The van der Waals surface area contributed by atoms with Crippen molar-refractivity contribution >= 4 is 5.78 Å². The summed E-state index contributed by atoms with van der Waals surface area (Å²) in [4.78, 5) is 19.7. The van der Waals surface area contributed by atoms with Crippen molar-refractivity contribution in [3.63, 3.8) is 0 Å². The maximum atomic E-state index is 12.1. The molecule has 3 rings (SSSR count). The van der Waals surface area contributed by atoms with E-state index >= 15 is 0 Å². The Morgan fingerprint density at radius 1 is 1.61 bits per heavy atom. The standard InChI is InChI=1S/C14H15N3O/c1-8-10-3-4-11-13(17-7-16-11)14(10,2)5-9(6-15)12(8)18/h5,7-8,10H,3-4H2,1-2H3,(H,16,17). The van der Waals surface area contributed by atoms with Crippen LogP contribution in [0, 0.1) is 23.2 Å². The van der Waals surface area contributed by atoms with Gasteiger partial charge in [0.15, 0.2) is 5.78 Å². The molecule has 1 heterocycles. The molecule has 2 aliphatic rings. The lowest BCUT2D eigenvalue weighted by molar-refractivity contribution is -0.121. The average Bonchev–Trinajstić information content (AvgIpc) is 2.83. The summed E-state index contributed by atoms with van der Waals surface area (Å²) >= 11 is 0. The van der Waals surface area contributed by atoms with Crippen molar-refractivity contribution in [2.75, 3.05) is 0 Å². The molecule has 0 saturated carbocycles. The van der Waals surface area contributed by atoms with E-state index in [-0.39, 0.29) is 28.6 Å². The summed E-state index contributed by atoms with van der Waals surface area (Å²) in [5.41, 5.74) is 2.15. The van der Waals surface area contributed by atoms with Gasteiger partial charge in [-0.1, -0.05) is 19.9 Å². The SMILES string of the molecule is CC1C(=O)C(C#N)=CC2(C)c3nc[nH]c3CCC12. The molecule has 3 atom stereocenters. The Kier molecular flexibility index (Phi) is 2.21. The van der Waals surface area contributed by atoms with Crippen LogP contribution in [-0.2, 0) is 16.6 Å². The number of hydrogen-bond acceptors (Lipinski definition) is 3. The number of Topliss-reactive ketones (excluding diaryl/α,β-unsaturated/α-hetero) is 1. The fraction of sp³-hybridized carbons (Fsp3) is 0.500. The number of nitrogens with one attached hydrogen (secondary N) is 1. The van der Waals surface area contributed by atoms with Crippen LogP contribution in [0.1, 0.15) is 31.7 Å². The van der Waals surface area contributed by atoms with Crippen molar-refractivity contribution in [2.45, 2.75) is 32.1 Å². The summed E-state index contributed by atoms with van der Waals surface area (Å²) in [5.74, 6) is 0.136. The lowest BCUT2D eigenvalue weighted by atomic mass is 9.58. The molecule has 0 amide bonds. The van der Waals surface area contributed by atoms with Crippen LogP contribution in [0.3, 0.4) is 0 Å². The minimum Gasteiger partial charge on any atom is -0.348 e. The highest BCUT2D eigenvalue weighted by Gasteiger charge is 2.49. The Bertz CT molecular complexity index is 592. The van der Waals surface area contributed by atoms with Gasteiger partial charge in [-0.3, -0.25) is 4.79 Å². The van der Waals surface area contributed by atoms with E-state index < -0.39 is 0 Å². The van der Waals surface area contributed by atoms with E-state index in [0.29, 0.717) is 0 Å². The van der Waals surface area contributed by atoms with Gasteiger partial charge < -0.3 is 4.98 Å². The summed E-state index contributed by atoms with van der Waals surface area (Å²) in [6.07, 6.45) is 5.44. The molecule has 0 bridgehead atoms. The summed E-state index contributed by atoms with van der Waals surface area (Å²) < 4.78 is 0. The highest BCUT2D eigenvalue weighted by molar-refractivity contribution is 6.02. The number of imidazole rings is 1. The maximum Gasteiger partial charge on any atom is 0.176 e. The number of ketones is 1. The molecular formula is C14H15N3O. The van der Waals surface area contributed by atoms with Crippen LogP contribution in [0.4, 0.5) is 0 Å². The van der Waals surface area contributed by atoms with E-state index in [1.165, 1.54) is 0 Å². The third-order valence-electron chi connectivity index (χ3n) is 4.55. The monoisotopic (exact) mass is 241 g/mol. The Morgan fingerprint density at radius 2 is 2.39 bits per heavy atom. The van der Waals surface area contributed by atoms with Gasteiger partial charge in [-0.05, 0) is 18.8 Å². The van der Waals surface area contributed by atoms with Gasteiger partial charge in [0.2, 0.25) is 0 Å². The van der Waals surface area contributed by atoms with E-state index in [4.69, 9.17) is 5.26 Å². The van der Waals surface area contributed by atoms with Crippen molar-refractivity contribution < 1.29 is 4.79 Å². The van der Waals surface area contributed by atoms with Gasteiger partial charge >= 0.3 is 0 Å². The highest BCUT2D eigenvalue weighted by Crippen LogP contribution is 2.48. The minimum absolute atomic E-state index is 0.0149. The van der Waals surface area contributed by atoms with Crippen molar-refractivity contribution in [3.8, 4) is 6.07 Å². The number of aromatic amines is 1. The van der Waals surface area contributed by atoms with E-state index in [9.17, 15) is 4.79 Å². The molecule has 1 aromatic heterocycles. The number of fused-ring (bicyclic) bond motifs is 3. The summed E-state index contributed by atoms with van der Waals surface area (Å²) in [6.45, 7) is 4.03. The predicted molar refractivity (Wildman–Crippen MR) is 65.6 cm³/mol. The predicted octanol–water partition coefficient (Wildman–Crippen LogP) is 1.90. The molecule has 0 fully saturated rings. The van der Waals surface area contributed by atoms with Gasteiger partial charge in [0.25, 0.3) is 0 Å². The van der Waals surface area contributed by atoms with Gasteiger partial charge in [0.1, 0.15) is 6.07 Å². The largest absolute Gasteiger partial charge is 0.348 e. The molecule has 18 heavy (non-hydrogen) atoms. The zero-order valence-corrected chi connectivity index (χ0v) is 10.5. The van der Waals surface area contributed by atoms with Gasteiger partial charge in [-0.25, -0.2) is 4.98 Å². The quantitative estimate of drug-likeness (QED) is 0.754. The average molecular weight is 241 g/mol. The lowest BCUT2D eigenvalue weighted by Gasteiger charge is -2.44. The van der Waals surface area contributed by atoms with Crippen LogP contribution in [0.2, 0.25) is 0 Å². The molecule has 0 aliphatic heterocycles. The smallest absolute Gasteiger partial charge is 0.176 e. The molecule has 0 radical (unpaired) electrons.